The number of anilines is 1. The first-order valence-electron chi connectivity index (χ1n) is 6.34. The number of hydrogen-bond acceptors (Lipinski definition) is 4. The second kappa shape index (κ2) is 5.88. The van der Waals surface area contributed by atoms with Gasteiger partial charge >= 0.3 is 0 Å². The van der Waals surface area contributed by atoms with E-state index in [1.165, 1.54) is 0 Å². The fourth-order valence-electron chi connectivity index (χ4n) is 2.23. The Balaban J connectivity index is 2.29. The van der Waals surface area contributed by atoms with Crippen LogP contribution in [0.2, 0.25) is 0 Å². The summed E-state index contributed by atoms with van der Waals surface area (Å²) in [4.78, 5) is 20.7. The summed E-state index contributed by atoms with van der Waals surface area (Å²) in [5.74, 6) is 0.755. The minimum atomic E-state index is 0.0471. The molecule has 0 aromatic carbocycles. The lowest BCUT2D eigenvalue weighted by Gasteiger charge is -2.32. The Morgan fingerprint density at radius 1 is 1.58 bits per heavy atom. The molecule has 2 rings (SSSR count). The van der Waals surface area contributed by atoms with Crippen molar-refractivity contribution in [2.75, 3.05) is 38.6 Å². The SMILES string of the molecule is CC1CN(C(=O)c2cc(Br)cnc2N(C)C)CCN1. The van der Waals surface area contributed by atoms with Crippen molar-refractivity contribution in [2.24, 2.45) is 0 Å². The highest BCUT2D eigenvalue weighted by Crippen LogP contribution is 2.22. The highest BCUT2D eigenvalue weighted by molar-refractivity contribution is 9.10. The Morgan fingerprint density at radius 3 is 2.95 bits per heavy atom. The van der Waals surface area contributed by atoms with Crippen molar-refractivity contribution in [1.82, 2.24) is 15.2 Å². The Morgan fingerprint density at radius 2 is 2.32 bits per heavy atom. The van der Waals surface area contributed by atoms with Crippen LogP contribution in [0, 0.1) is 0 Å². The van der Waals surface area contributed by atoms with Gasteiger partial charge in [0, 0.05) is 50.4 Å². The molecule has 1 fully saturated rings. The number of halogens is 1. The Bertz CT molecular complexity index is 478. The minimum absolute atomic E-state index is 0.0471. The lowest BCUT2D eigenvalue weighted by Crippen LogP contribution is -2.51. The number of carbonyl (C=O) groups excluding carboxylic acids is 1. The largest absolute Gasteiger partial charge is 0.362 e. The fourth-order valence-corrected chi connectivity index (χ4v) is 2.56. The van der Waals surface area contributed by atoms with Crippen LogP contribution in [0.15, 0.2) is 16.7 Å². The molecule has 5 nitrogen and oxygen atoms in total. The van der Waals surface area contributed by atoms with Crippen LogP contribution in [-0.2, 0) is 0 Å². The van der Waals surface area contributed by atoms with Crippen molar-refractivity contribution in [3.8, 4) is 0 Å². The van der Waals surface area contributed by atoms with E-state index in [1.54, 1.807) is 6.20 Å². The molecule has 104 valence electrons. The van der Waals surface area contributed by atoms with Crippen molar-refractivity contribution >= 4 is 27.7 Å². The number of piperazine rings is 1. The van der Waals surface area contributed by atoms with Crippen molar-refractivity contribution in [3.63, 3.8) is 0 Å². The molecule has 0 aliphatic carbocycles. The molecule has 1 aliphatic heterocycles. The average molecular weight is 327 g/mol. The highest BCUT2D eigenvalue weighted by Gasteiger charge is 2.24. The number of pyridine rings is 1. The maximum atomic E-state index is 12.6. The first-order valence-corrected chi connectivity index (χ1v) is 7.14. The molecule has 1 aromatic rings. The predicted molar refractivity (Wildman–Crippen MR) is 79.6 cm³/mol. The molecular formula is C13H19BrN4O. The molecule has 1 N–H and O–H groups in total. The van der Waals surface area contributed by atoms with Gasteiger partial charge in [-0.3, -0.25) is 4.79 Å². The van der Waals surface area contributed by atoms with Gasteiger partial charge in [-0.1, -0.05) is 0 Å². The van der Waals surface area contributed by atoms with Crippen molar-refractivity contribution in [3.05, 3.63) is 22.3 Å². The van der Waals surface area contributed by atoms with E-state index in [0.29, 0.717) is 17.4 Å². The van der Waals surface area contributed by atoms with E-state index in [2.05, 4.69) is 33.2 Å². The number of nitrogens with one attached hydrogen (secondary N) is 1. The molecular weight excluding hydrogens is 308 g/mol. The van der Waals surface area contributed by atoms with Crippen LogP contribution in [0.5, 0.6) is 0 Å². The normalized spacial score (nSPS) is 19.4. The third-order valence-electron chi connectivity index (χ3n) is 3.14. The van der Waals surface area contributed by atoms with Crippen LogP contribution < -0.4 is 10.2 Å². The lowest BCUT2D eigenvalue weighted by molar-refractivity contribution is 0.0709. The monoisotopic (exact) mass is 326 g/mol. The number of aromatic nitrogens is 1. The van der Waals surface area contributed by atoms with Crippen LogP contribution in [0.1, 0.15) is 17.3 Å². The van der Waals surface area contributed by atoms with E-state index in [4.69, 9.17) is 0 Å². The molecule has 1 amide bonds. The Hall–Kier alpha value is -1.14. The Kier molecular flexibility index (Phi) is 4.42. The maximum Gasteiger partial charge on any atom is 0.257 e. The van der Waals surface area contributed by atoms with Gasteiger partial charge in [0.1, 0.15) is 5.82 Å². The third kappa shape index (κ3) is 3.25. The van der Waals surface area contributed by atoms with Gasteiger partial charge in [0.25, 0.3) is 5.91 Å². The molecule has 1 aliphatic rings. The average Bonchev–Trinajstić information content (AvgIpc) is 2.37. The van der Waals surface area contributed by atoms with E-state index in [1.807, 2.05) is 30.0 Å². The van der Waals surface area contributed by atoms with Gasteiger partial charge in [-0.2, -0.15) is 0 Å². The van der Waals surface area contributed by atoms with Gasteiger partial charge in [0.2, 0.25) is 0 Å². The second-order valence-electron chi connectivity index (χ2n) is 5.03. The number of amides is 1. The Labute approximate surface area is 122 Å². The summed E-state index contributed by atoms with van der Waals surface area (Å²) in [6.07, 6.45) is 1.71. The lowest BCUT2D eigenvalue weighted by atomic mass is 10.1. The summed E-state index contributed by atoms with van der Waals surface area (Å²) >= 11 is 3.39. The van der Waals surface area contributed by atoms with Crippen LogP contribution >= 0.6 is 15.9 Å². The molecule has 0 radical (unpaired) electrons. The van der Waals surface area contributed by atoms with Gasteiger partial charge in [0.05, 0.1) is 5.56 Å². The number of nitrogens with zero attached hydrogens (tertiary/aromatic N) is 3. The molecule has 1 aromatic heterocycles. The summed E-state index contributed by atoms with van der Waals surface area (Å²) in [7, 11) is 3.79. The topological polar surface area (TPSA) is 48.5 Å². The van der Waals surface area contributed by atoms with E-state index in [0.717, 1.165) is 24.1 Å². The summed E-state index contributed by atoms with van der Waals surface area (Å²) in [5.41, 5.74) is 0.647. The first-order chi connectivity index (χ1) is 8.99. The van der Waals surface area contributed by atoms with Gasteiger partial charge in [-0.25, -0.2) is 4.98 Å². The van der Waals surface area contributed by atoms with Gasteiger partial charge in [0.15, 0.2) is 0 Å². The van der Waals surface area contributed by atoms with E-state index in [9.17, 15) is 4.79 Å². The van der Waals surface area contributed by atoms with Gasteiger partial charge in [-0.15, -0.1) is 0 Å². The molecule has 1 atom stereocenters. The molecule has 1 saturated heterocycles. The zero-order chi connectivity index (χ0) is 14.0. The molecule has 6 heteroatoms. The smallest absolute Gasteiger partial charge is 0.257 e. The molecule has 19 heavy (non-hydrogen) atoms. The van der Waals surface area contributed by atoms with Crippen LogP contribution in [0.3, 0.4) is 0 Å². The zero-order valence-corrected chi connectivity index (χ0v) is 13.1. The maximum absolute atomic E-state index is 12.6. The fraction of sp³-hybridized carbons (Fsp3) is 0.538. The molecule has 0 saturated carbocycles. The molecule has 2 heterocycles. The van der Waals surface area contributed by atoms with E-state index in [-0.39, 0.29) is 5.91 Å². The summed E-state index contributed by atoms with van der Waals surface area (Å²) in [6.45, 7) is 4.40. The van der Waals surface area contributed by atoms with Crippen molar-refractivity contribution in [1.29, 1.82) is 0 Å². The quantitative estimate of drug-likeness (QED) is 0.891. The highest BCUT2D eigenvalue weighted by atomic mass is 79.9. The minimum Gasteiger partial charge on any atom is -0.362 e. The molecule has 0 spiro atoms. The third-order valence-corrected chi connectivity index (χ3v) is 3.58. The van der Waals surface area contributed by atoms with Crippen molar-refractivity contribution in [2.45, 2.75) is 13.0 Å². The van der Waals surface area contributed by atoms with Crippen LogP contribution in [0.4, 0.5) is 5.82 Å². The van der Waals surface area contributed by atoms with Crippen molar-refractivity contribution < 1.29 is 4.79 Å². The standard InChI is InChI=1S/C13H19BrN4O/c1-9-8-18(5-4-15-9)13(19)11-6-10(14)7-16-12(11)17(2)3/h6-7,9,15H,4-5,8H2,1-3H3. The predicted octanol–water partition coefficient (Wildman–Crippen LogP) is 1.34. The van der Waals surface area contributed by atoms with Gasteiger partial charge in [-0.05, 0) is 28.9 Å². The van der Waals surface area contributed by atoms with Crippen LogP contribution in [-0.4, -0.2) is 55.6 Å². The number of rotatable bonds is 2. The summed E-state index contributed by atoms with van der Waals surface area (Å²) in [5, 5.41) is 3.34. The summed E-state index contributed by atoms with van der Waals surface area (Å²) < 4.78 is 0.824. The molecule has 1 unspecified atom stereocenters. The first kappa shape index (κ1) is 14.3. The summed E-state index contributed by atoms with van der Waals surface area (Å²) in [6, 6.07) is 2.18. The number of carbonyl (C=O) groups is 1. The molecule has 0 bridgehead atoms. The zero-order valence-electron chi connectivity index (χ0n) is 11.5. The second-order valence-corrected chi connectivity index (χ2v) is 5.94. The van der Waals surface area contributed by atoms with E-state index >= 15 is 0 Å². The van der Waals surface area contributed by atoms with Crippen LogP contribution in [0.25, 0.3) is 0 Å². The number of hydrogen-bond donors (Lipinski definition) is 1. The van der Waals surface area contributed by atoms with E-state index < -0.39 is 0 Å². The van der Waals surface area contributed by atoms with Gasteiger partial charge < -0.3 is 15.1 Å².